The zero-order chi connectivity index (χ0) is 19.9. The number of benzene rings is 2. The van der Waals surface area contributed by atoms with E-state index in [1.165, 1.54) is 18.2 Å². The molecule has 28 heavy (non-hydrogen) atoms. The maximum absolute atomic E-state index is 12.9. The van der Waals surface area contributed by atoms with Crippen LogP contribution in [-0.4, -0.2) is 49.4 Å². The first-order valence-corrected chi connectivity index (χ1v) is 9.49. The Balaban J connectivity index is 1.44. The molecular weight excluding hydrogens is 381 g/mol. The van der Waals surface area contributed by atoms with Crippen molar-refractivity contribution in [3.63, 3.8) is 0 Å². The Bertz CT molecular complexity index is 862. The van der Waals surface area contributed by atoms with E-state index in [1.54, 1.807) is 35.2 Å². The van der Waals surface area contributed by atoms with Crippen molar-refractivity contribution >= 4 is 35.2 Å². The first kappa shape index (κ1) is 20.0. The lowest BCUT2D eigenvalue weighted by Crippen LogP contribution is -3.15. The number of halogens is 2. The normalized spacial score (nSPS) is 15.0. The van der Waals surface area contributed by atoms with E-state index in [0.29, 0.717) is 43.4 Å². The molecule has 1 fully saturated rings. The Labute approximate surface area is 168 Å². The number of nitrogens with zero attached hydrogens (tertiary/aromatic N) is 1. The molecule has 5 nitrogen and oxygen atoms in total. The molecule has 2 aromatic rings. The Kier molecular flexibility index (Phi) is 6.79. The number of carbonyl (C=O) groups excluding carboxylic acids is 2. The van der Waals surface area contributed by atoms with Gasteiger partial charge < -0.3 is 15.1 Å². The van der Waals surface area contributed by atoms with Crippen molar-refractivity contribution in [2.24, 2.45) is 0 Å². The van der Waals surface area contributed by atoms with Gasteiger partial charge in [-0.3, -0.25) is 9.59 Å². The van der Waals surface area contributed by atoms with E-state index >= 15 is 0 Å². The third-order valence-corrected chi connectivity index (χ3v) is 4.96. The van der Waals surface area contributed by atoms with Gasteiger partial charge in [-0.05, 0) is 35.9 Å². The minimum absolute atomic E-state index is 0.0797. The molecule has 3 rings (SSSR count). The second-order valence-electron chi connectivity index (χ2n) is 6.66. The number of quaternary nitrogens is 1. The highest BCUT2D eigenvalue weighted by Crippen LogP contribution is 2.19. The minimum atomic E-state index is -0.304. The summed E-state index contributed by atoms with van der Waals surface area (Å²) in [5.74, 6) is -0.482. The predicted molar refractivity (Wildman–Crippen MR) is 108 cm³/mol. The second kappa shape index (κ2) is 9.48. The number of nitrogens with one attached hydrogen (secondary N) is 2. The summed E-state index contributed by atoms with van der Waals surface area (Å²) in [6, 6.07) is 13.1. The lowest BCUT2D eigenvalue weighted by atomic mass is 10.2. The van der Waals surface area contributed by atoms with Gasteiger partial charge in [-0.2, -0.15) is 0 Å². The summed E-state index contributed by atoms with van der Waals surface area (Å²) in [4.78, 5) is 27.4. The maximum Gasteiger partial charge on any atom is 0.279 e. The summed E-state index contributed by atoms with van der Waals surface area (Å²) < 4.78 is 12.9. The highest BCUT2D eigenvalue weighted by molar-refractivity contribution is 6.33. The molecule has 0 saturated carbocycles. The number of carbonyl (C=O) groups is 2. The highest BCUT2D eigenvalue weighted by Gasteiger charge is 2.24. The van der Waals surface area contributed by atoms with Crippen molar-refractivity contribution in [2.75, 3.05) is 38.0 Å². The minimum Gasteiger partial charge on any atom is -0.328 e. The summed E-state index contributed by atoms with van der Waals surface area (Å²) in [5.41, 5.74) is 1.38. The van der Waals surface area contributed by atoms with Gasteiger partial charge in [-0.1, -0.05) is 35.9 Å². The standard InChI is InChI=1S/C21H21ClFN3O2/c22-18-3-1-2-4-19(18)24-20(27)15-25-11-13-26(14-12-25)21(28)10-7-16-5-8-17(23)9-6-16/h1-10H,11-15H2,(H,24,27)/p+1/b10-7+. The number of hydrogen-bond donors (Lipinski definition) is 2. The van der Waals surface area contributed by atoms with Gasteiger partial charge in [0.1, 0.15) is 5.82 Å². The molecule has 1 heterocycles. The molecule has 1 aliphatic rings. The Hall–Kier alpha value is -2.70. The van der Waals surface area contributed by atoms with Crippen molar-refractivity contribution in [1.29, 1.82) is 0 Å². The number of piperazine rings is 1. The molecular formula is C21H22ClFN3O2+. The molecule has 1 saturated heterocycles. The predicted octanol–water partition coefficient (Wildman–Crippen LogP) is 1.86. The van der Waals surface area contributed by atoms with Crippen LogP contribution in [-0.2, 0) is 9.59 Å². The van der Waals surface area contributed by atoms with Crippen LogP contribution in [0.2, 0.25) is 5.02 Å². The molecule has 0 bridgehead atoms. The van der Waals surface area contributed by atoms with Crippen LogP contribution in [0.1, 0.15) is 5.56 Å². The van der Waals surface area contributed by atoms with Crippen molar-refractivity contribution < 1.29 is 18.9 Å². The molecule has 0 radical (unpaired) electrons. The topological polar surface area (TPSA) is 53.9 Å². The van der Waals surface area contributed by atoms with E-state index < -0.39 is 0 Å². The molecule has 2 aromatic carbocycles. The lowest BCUT2D eigenvalue weighted by molar-refractivity contribution is -0.895. The summed E-state index contributed by atoms with van der Waals surface area (Å²) in [7, 11) is 0. The SMILES string of the molecule is O=C(C[NH+]1CCN(C(=O)/C=C/c2ccc(F)cc2)CC1)Nc1ccccc1Cl. The molecule has 146 valence electrons. The van der Waals surface area contributed by atoms with Crippen LogP contribution in [0.4, 0.5) is 10.1 Å². The molecule has 0 spiro atoms. The summed E-state index contributed by atoms with van der Waals surface area (Å²) in [6.07, 6.45) is 3.18. The monoisotopic (exact) mass is 402 g/mol. The van der Waals surface area contributed by atoms with Crippen molar-refractivity contribution in [3.8, 4) is 0 Å². The van der Waals surface area contributed by atoms with Gasteiger partial charge in [0, 0.05) is 6.08 Å². The van der Waals surface area contributed by atoms with E-state index in [-0.39, 0.29) is 17.6 Å². The van der Waals surface area contributed by atoms with Crippen LogP contribution in [0.15, 0.2) is 54.6 Å². The number of anilines is 1. The third-order valence-electron chi connectivity index (χ3n) is 4.63. The van der Waals surface area contributed by atoms with Crippen LogP contribution in [0.25, 0.3) is 6.08 Å². The molecule has 0 unspecified atom stereocenters. The van der Waals surface area contributed by atoms with Gasteiger partial charge in [-0.15, -0.1) is 0 Å². The van der Waals surface area contributed by atoms with Crippen LogP contribution < -0.4 is 10.2 Å². The molecule has 0 aliphatic carbocycles. The third kappa shape index (κ3) is 5.65. The van der Waals surface area contributed by atoms with E-state index in [0.717, 1.165) is 10.5 Å². The zero-order valence-electron chi connectivity index (χ0n) is 15.3. The Morgan fingerprint density at radius 2 is 1.79 bits per heavy atom. The number of amides is 2. The van der Waals surface area contributed by atoms with Gasteiger partial charge in [0.2, 0.25) is 5.91 Å². The quantitative estimate of drug-likeness (QED) is 0.750. The van der Waals surface area contributed by atoms with E-state index in [4.69, 9.17) is 11.6 Å². The largest absolute Gasteiger partial charge is 0.328 e. The smallest absolute Gasteiger partial charge is 0.279 e. The van der Waals surface area contributed by atoms with Gasteiger partial charge in [-0.25, -0.2) is 4.39 Å². The van der Waals surface area contributed by atoms with Gasteiger partial charge in [0.25, 0.3) is 5.91 Å². The average Bonchev–Trinajstić information content (AvgIpc) is 2.69. The zero-order valence-corrected chi connectivity index (χ0v) is 16.1. The molecule has 0 atom stereocenters. The van der Waals surface area contributed by atoms with Crippen LogP contribution in [0, 0.1) is 5.82 Å². The van der Waals surface area contributed by atoms with Crippen LogP contribution >= 0.6 is 11.6 Å². The summed E-state index contributed by atoms with van der Waals surface area (Å²) in [5, 5.41) is 3.33. The first-order chi connectivity index (χ1) is 13.5. The molecule has 1 aliphatic heterocycles. The highest BCUT2D eigenvalue weighted by atomic mass is 35.5. The number of rotatable bonds is 5. The first-order valence-electron chi connectivity index (χ1n) is 9.12. The summed E-state index contributed by atoms with van der Waals surface area (Å²) in [6.45, 7) is 2.90. The van der Waals surface area contributed by atoms with Gasteiger partial charge in [0.05, 0.1) is 36.9 Å². The van der Waals surface area contributed by atoms with Crippen LogP contribution in [0.3, 0.4) is 0 Å². The fourth-order valence-electron chi connectivity index (χ4n) is 3.05. The van der Waals surface area contributed by atoms with Crippen molar-refractivity contribution in [2.45, 2.75) is 0 Å². The fraction of sp³-hybridized carbons (Fsp3) is 0.238. The van der Waals surface area contributed by atoms with E-state index in [9.17, 15) is 14.0 Å². The Morgan fingerprint density at radius 3 is 2.46 bits per heavy atom. The van der Waals surface area contributed by atoms with Gasteiger partial charge in [0.15, 0.2) is 6.54 Å². The van der Waals surface area contributed by atoms with Crippen molar-refractivity contribution in [3.05, 3.63) is 71.0 Å². The molecule has 7 heteroatoms. The van der Waals surface area contributed by atoms with Crippen LogP contribution in [0.5, 0.6) is 0 Å². The van der Waals surface area contributed by atoms with E-state index in [2.05, 4.69) is 5.32 Å². The Morgan fingerprint density at radius 1 is 1.11 bits per heavy atom. The van der Waals surface area contributed by atoms with Gasteiger partial charge >= 0.3 is 0 Å². The lowest BCUT2D eigenvalue weighted by Gasteiger charge is -2.31. The molecule has 0 aromatic heterocycles. The summed E-state index contributed by atoms with van der Waals surface area (Å²) >= 11 is 6.06. The van der Waals surface area contributed by atoms with Crippen molar-refractivity contribution in [1.82, 2.24) is 4.90 Å². The second-order valence-corrected chi connectivity index (χ2v) is 7.07. The average molecular weight is 403 g/mol. The number of hydrogen-bond acceptors (Lipinski definition) is 2. The maximum atomic E-state index is 12.9. The molecule has 2 N–H and O–H groups in total. The van der Waals surface area contributed by atoms with E-state index in [1.807, 2.05) is 12.1 Å². The number of para-hydroxylation sites is 1. The fourth-order valence-corrected chi connectivity index (χ4v) is 3.23. The molecule has 2 amide bonds.